The molecular weight excluding hydrogens is 172 g/mol. The minimum atomic E-state index is 0.590. The summed E-state index contributed by atoms with van der Waals surface area (Å²) in [5, 5.41) is 11.7. The number of nitrogens with one attached hydrogen (secondary N) is 1. The Morgan fingerprint density at radius 1 is 1.50 bits per heavy atom. The first kappa shape index (κ1) is 8.83. The van der Waals surface area contributed by atoms with E-state index >= 15 is 0 Å². The molecule has 1 N–H and O–H groups in total. The number of allylic oxidation sites excluding steroid dienone is 1. The Balaban J connectivity index is 2.21. The molecule has 14 heavy (non-hydrogen) atoms. The van der Waals surface area contributed by atoms with Gasteiger partial charge in [-0.2, -0.15) is 5.26 Å². The lowest BCUT2D eigenvalue weighted by Crippen LogP contribution is -1.88. The van der Waals surface area contributed by atoms with E-state index in [4.69, 9.17) is 5.26 Å². The normalized spacial score (nSPS) is 13.2. The summed E-state index contributed by atoms with van der Waals surface area (Å²) in [5.74, 6) is 0. The van der Waals surface area contributed by atoms with E-state index in [1.165, 1.54) is 11.1 Å². The number of nitriles is 1. The Bertz CT molecular complexity index is 413. The minimum absolute atomic E-state index is 0.590. The van der Waals surface area contributed by atoms with Gasteiger partial charge in [-0.1, -0.05) is 18.7 Å². The van der Waals surface area contributed by atoms with E-state index in [2.05, 4.69) is 36.2 Å². The predicted molar refractivity (Wildman–Crippen MR) is 56.8 cm³/mol. The molecular formula is C12H12N2. The van der Waals surface area contributed by atoms with Gasteiger partial charge in [-0.05, 0) is 23.6 Å². The summed E-state index contributed by atoms with van der Waals surface area (Å²) in [6.45, 7) is 3.90. The summed E-state index contributed by atoms with van der Waals surface area (Å²) in [6, 6.07) is 8.46. The lowest BCUT2D eigenvalue weighted by Gasteiger charge is -2.01. The molecule has 0 saturated carbocycles. The van der Waals surface area contributed by atoms with Crippen LogP contribution < -0.4 is 5.32 Å². The highest BCUT2D eigenvalue weighted by atomic mass is 14.9. The molecule has 2 heteroatoms. The van der Waals surface area contributed by atoms with Crippen LogP contribution in [0.2, 0.25) is 0 Å². The third-order valence-electron chi connectivity index (χ3n) is 2.41. The summed E-state index contributed by atoms with van der Waals surface area (Å²) in [7, 11) is 0. The van der Waals surface area contributed by atoms with Crippen LogP contribution in [-0.2, 0) is 12.8 Å². The standard InChI is InChI=1S/C12H12N2/c1-9-7-11-8-10(3-2-6-13)4-5-12(11)14-9/h4-5,8,14H,1-3,7H2. The molecule has 0 aliphatic carbocycles. The van der Waals surface area contributed by atoms with Gasteiger partial charge in [-0.3, -0.25) is 0 Å². The van der Waals surface area contributed by atoms with Crippen molar-refractivity contribution in [3.05, 3.63) is 41.6 Å². The van der Waals surface area contributed by atoms with Gasteiger partial charge in [0.05, 0.1) is 6.07 Å². The van der Waals surface area contributed by atoms with Crippen molar-refractivity contribution in [3.63, 3.8) is 0 Å². The van der Waals surface area contributed by atoms with Crippen LogP contribution in [-0.4, -0.2) is 0 Å². The zero-order chi connectivity index (χ0) is 9.97. The minimum Gasteiger partial charge on any atom is -0.359 e. The Hall–Kier alpha value is -1.75. The number of benzene rings is 1. The molecule has 0 radical (unpaired) electrons. The van der Waals surface area contributed by atoms with E-state index in [0.29, 0.717) is 6.42 Å². The molecule has 0 bridgehead atoms. The third-order valence-corrected chi connectivity index (χ3v) is 2.41. The average Bonchev–Trinajstić information content (AvgIpc) is 2.54. The topological polar surface area (TPSA) is 35.8 Å². The molecule has 2 rings (SSSR count). The smallest absolute Gasteiger partial charge is 0.0625 e. The van der Waals surface area contributed by atoms with Gasteiger partial charge in [0.1, 0.15) is 0 Å². The zero-order valence-electron chi connectivity index (χ0n) is 8.01. The molecule has 0 atom stereocenters. The number of nitrogens with zero attached hydrogens (tertiary/aromatic N) is 1. The fraction of sp³-hybridized carbons (Fsp3) is 0.250. The van der Waals surface area contributed by atoms with Gasteiger partial charge in [0.2, 0.25) is 0 Å². The highest BCUT2D eigenvalue weighted by Crippen LogP contribution is 2.27. The summed E-state index contributed by atoms with van der Waals surface area (Å²) in [5.41, 5.74) is 4.75. The first-order valence-corrected chi connectivity index (χ1v) is 4.73. The van der Waals surface area contributed by atoms with Crippen molar-refractivity contribution >= 4 is 5.69 Å². The number of aryl methyl sites for hydroxylation is 1. The number of fused-ring (bicyclic) bond motifs is 1. The van der Waals surface area contributed by atoms with Gasteiger partial charge < -0.3 is 5.32 Å². The van der Waals surface area contributed by atoms with Crippen molar-refractivity contribution in [1.82, 2.24) is 0 Å². The van der Waals surface area contributed by atoms with Crippen LogP contribution in [0.1, 0.15) is 17.5 Å². The van der Waals surface area contributed by atoms with E-state index < -0.39 is 0 Å². The quantitative estimate of drug-likeness (QED) is 0.766. The Kier molecular flexibility index (Phi) is 2.24. The van der Waals surface area contributed by atoms with Gasteiger partial charge in [0, 0.05) is 24.2 Å². The molecule has 0 fully saturated rings. The average molecular weight is 184 g/mol. The molecule has 0 spiro atoms. The Morgan fingerprint density at radius 3 is 3.14 bits per heavy atom. The van der Waals surface area contributed by atoms with Crippen molar-refractivity contribution in [3.8, 4) is 6.07 Å². The molecule has 1 aliphatic rings. The maximum Gasteiger partial charge on any atom is 0.0625 e. The molecule has 1 heterocycles. The Morgan fingerprint density at radius 2 is 2.36 bits per heavy atom. The summed E-state index contributed by atoms with van der Waals surface area (Å²) in [6.07, 6.45) is 2.35. The van der Waals surface area contributed by atoms with E-state index in [0.717, 1.165) is 24.2 Å². The first-order chi connectivity index (χ1) is 6.79. The van der Waals surface area contributed by atoms with Crippen molar-refractivity contribution in [1.29, 1.82) is 5.26 Å². The van der Waals surface area contributed by atoms with E-state index in [9.17, 15) is 0 Å². The van der Waals surface area contributed by atoms with Gasteiger partial charge in [-0.25, -0.2) is 0 Å². The maximum atomic E-state index is 8.49. The monoisotopic (exact) mass is 184 g/mol. The fourth-order valence-electron chi connectivity index (χ4n) is 1.74. The molecule has 0 unspecified atom stereocenters. The number of hydrogen-bond donors (Lipinski definition) is 1. The van der Waals surface area contributed by atoms with Crippen molar-refractivity contribution in [2.24, 2.45) is 0 Å². The molecule has 1 aliphatic heterocycles. The molecule has 1 aromatic carbocycles. The lowest BCUT2D eigenvalue weighted by atomic mass is 10.0. The van der Waals surface area contributed by atoms with Crippen LogP contribution in [0.5, 0.6) is 0 Å². The third kappa shape index (κ3) is 1.62. The van der Waals surface area contributed by atoms with E-state index in [1.807, 2.05) is 0 Å². The van der Waals surface area contributed by atoms with Crippen molar-refractivity contribution in [2.45, 2.75) is 19.3 Å². The summed E-state index contributed by atoms with van der Waals surface area (Å²) in [4.78, 5) is 0. The second kappa shape index (κ2) is 3.55. The van der Waals surface area contributed by atoms with Gasteiger partial charge in [0.15, 0.2) is 0 Å². The second-order valence-electron chi connectivity index (χ2n) is 3.55. The van der Waals surface area contributed by atoms with Crippen molar-refractivity contribution in [2.75, 3.05) is 5.32 Å². The van der Waals surface area contributed by atoms with Crippen LogP contribution in [0.4, 0.5) is 5.69 Å². The largest absolute Gasteiger partial charge is 0.359 e. The van der Waals surface area contributed by atoms with Crippen LogP contribution in [0.15, 0.2) is 30.5 Å². The molecule has 0 amide bonds. The first-order valence-electron chi connectivity index (χ1n) is 4.73. The van der Waals surface area contributed by atoms with E-state index in [-0.39, 0.29) is 0 Å². The summed E-state index contributed by atoms with van der Waals surface area (Å²) >= 11 is 0. The highest BCUT2D eigenvalue weighted by Gasteiger charge is 2.12. The number of anilines is 1. The Labute approximate surface area is 83.9 Å². The van der Waals surface area contributed by atoms with E-state index in [1.54, 1.807) is 0 Å². The molecule has 1 aromatic rings. The van der Waals surface area contributed by atoms with Gasteiger partial charge in [-0.15, -0.1) is 0 Å². The number of rotatable bonds is 2. The van der Waals surface area contributed by atoms with Crippen molar-refractivity contribution < 1.29 is 0 Å². The van der Waals surface area contributed by atoms with Crippen LogP contribution in [0, 0.1) is 11.3 Å². The summed E-state index contributed by atoms with van der Waals surface area (Å²) < 4.78 is 0. The highest BCUT2D eigenvalue weighted by molar-refractivity contribution is 5.62. The maximum absolute atomic E-state index is 8.49. The fourth-order valence-corrected chi connectivity index (χ4v) is 1.74. The lowest BCUT2D eigenvalue weighted by molar-refractivity contribution is 1.01. The molecule has 70 valence electrons. The van der Waals surface area contributed by atoms with Crippen LogP contribution in [0.25, 0.3) is 0 Å². The van der Waals surface area contributed by atoms with Gasteiger partial charge in [0.25, 0.3) is 0 Å². The molecule has 2 nitrogen and oxygen atoms in total. The molecule has 0 aromatic heterocycles. The van der Waals surface area contributed by atoms with Gasteiger partial charge >= 0.3 is 0 Å². The number of hydrogen-bond acceptors (Lipinski definition) is 2. The van der Waals surface area contributed by atoms with Crippen LogP contribution >= 0.6 is 0 Å². The van der Waals surface area contributed by atoms with Crippen LogP contribution in [0.3, 0.4) is 0 Å². The molecule has 0 saturated heterocycles. The SMILES string of the molecule is C=C1Cc2cc(CCC#N)ccc2N1. The second-order valence-corrected chi connectivity index (χ2v) is 3.55. The zero-order valence-corrected chi connectivity index (χ0v) is 8.01. The predicted octanol–water partition coefficient (Wildman–Crippen LogP) is 2.62.